The number of halogens is 6. The topological polar surface area (TPSA) is 9.23 Å². The first kappa shape index (κ1) is 18.8. The third kappa shape index (κ3) is 6.84. The molecule has 0 bridgehead atoms. The Morgan fingerprint density at radius 1 is 0.950 bits per heavy atom. The fourth-order valence-electron chi connectivity index (χ4n) is 1.00. The number of alkyl halides is 6. The highest BCUT2D eigenvalue weighted by Crippen LogP contribution is 2.34. The maximum Gasteiger partial charge on any atom is 1.00 e. The molecule has 1 aromatic carbocycles. The first-order chi connectivity index (χ1) is 9.02. The number of hydrogen-bond acceptors (Lipinski definition) is 1. The van der Waals surface area contributed by atoms with Crippen molar-refractivity contribution >= 4 is 13.3 Å². The first-order valence-corrected chi connectivity index (χ1v) is 5.36. The van der Waals surface area contributed by atoms with E-state index in [1.165, 1.54) is 0 Å². The molecule has 0 N–H and O–H groups in total. The number of rotatable bonds is 2. The van der Waals surface area contributed by atoms with Gasteiger partial charge in [-0.1, -0.05) is 12.1 Å². The Morgan fingerprint density at radius 3 is 1.50 bits per heavy atom. The Bertz CT molecular complexity index is 389. The summed E-state index contributed by atoms with van der Waals surface area (Å²) in [5, 5.41) is 0. The van der Waals surface area contributed by atoms with Crippen LogP contribution in [0, 0.1) is 0 Å². The number of hydrogen-bond donors (Lipinski definition) is 0. The number of benzene rings is 1. The van der Waals surface area contributed by atoms with Crippen molar-refractivity contribution in [3.63, 3.8) is 0 Å². The van der Waals surface area contributed by atoms with Gasteiger partial charge in [-0.05, 0) is 27.8 Å². The van der Waals surface area contributed by atoms with Gasteiger partial charge in [-0.2, -0.15) is 26.3 Å². The van der Waals surface area contributed by atoms with Crippen molar-refractivity contribution in [3.8, 4) is 0 Å². The summed E-state index contributed by atoms with van der Waals surface area (Å²) in [5.74, 6) is 0. The molecular weight excluding hydrogens is 285 g/mol. The van der Waals surface area contributed by atoms with Crippen LogP contribution in [-0.4, -0.2) is 21.1 Å². The molecule has 0 aromatic heterocycles. The van der Waals surface area contributed by atoms with Crippen molar-refractivity contribution in [1.82, 2.24) is 0 Å². The van der Waals surface area contributed by atoms with Crippen LogP contribution in [0.1, 0.15) is 27.8 Å². The SMILES string of the molecule is CCOCC.[BH3-]c1cc(C(F)(F)F)cc(C(F)(F)F)c1.[H+].[HH]. The Labute approximate surface area is 117 Å². The summed E-state index contributed by atoms with van der Waals surface area (Å²) in [6.07, 6.45) is -9.44. The second-order valence-corrected chi connectivity index (χ2v) is 3.29. The highest BCUT2D eigenvalue weighted by Gasteiger charge is 2.35. The lowest BCUT2D eigenvalue weighted by molar-refractivity contribution is -0.142. The van der Waals surface area contributed by atoms with Crippen LogP contribution in [0.3, 0.4) is 0 Å². The zero-order chi connectivity index (χ0) is 16.0. The van der Waals surface area contributed by atoms with Gasteiger partial charge < -0.3 is 4.74 Å². The summed E-state index contributed by atoms with van der Waals surface area (Å²) >= 11 is 0. The highest BCUT2D eigenvalue weighted by molar-refractivity contribution is 6.32. The smallest absolute Gasteiger partial charge is 0.382 e. The lowest BCUT2D eigenvalue weighted by atomic mass is 9.91. The standard InChI is InChI=1S/C8H6BF6.C4H10O.H2/c9-6-2-4(7(10,11)12)1-5(3-6)8(13,14)15;1-3-5-4-2;/h1-3H,9H3;3-4H2,1-2H3;1H/q-1;;/p+1. The predicted octanol–water partition coefficient (Wildman–Crippen LogP) is 3.12. The van der Waals surface area contributed by atoms with Crippen LogP contribution in [0.4, 0.5) is 26.3 Å². The molecule has 0 saturated heterocycles. The van der Waals surface area contributed by atoms with Crippen LogP contribution in [0.2, 0.25) is 0 Å². The summed E-state index contributed by atoms with van der Waals surface area (Å²) in [7, 11) is -0.699. The zero-order valence-electron chi connectivity index (χ0n) is 11.3. The Morgan fingerprint density at radius 2 is 1.30 bits per heavy atom. The lowest BCUT2D eigenvalue weighted by Gasteiger charge is -2.14. The minimum atomic E-state index is -4.72. The molecule has 0 atom stereocenters. The first-order valence-electron chi connectivity index (χ1n) is 5.36. The van der Waals surface area contributed by atoms with Gasteiger partial charge in [0.25, 0.3) is 0 Å². The molecule has 0 radical (unpaired) electrons. The third-order valence-electron chi connectivity index (χ3n) is 1.85. The van der Waals surface area contributed by atoms with Gasteiger partial charge in [0.15, 0.2) is 0 Å². The molecular formula is C12H19BF6O. The quantitative estimate of drug-likeness (QED) is 0.602. The third-order valence-corrected chi connectivity index (χ3v) is 1.85. The van der Waals surface area contributed by atoms with Gasteiger partial charge in [0.05, 0.1) is 11.1 Å². The second-order valence-electron chi connectivity index (χ2n) is 3.29. The van der Waals surface area contributed by atoms with E-state index in [1.807, 2.05) is 13.8 Å². The fourth-order valence-corrected chi connectivity index (χ4v) is 1.00. The molecule has 0 fully saturated rings. The average molecular weight is 304 g/mol. The highest BCUT2D eigenvalue weighted by atomic mass is 19.4. The van der Waals surface area contributed by atoms with Gasteiger partial charge in [0.2, 0.25) is 0 Å². The van der Waals surface area contributed by atoms with Crippen molar-refractivity contribution in [1.29, 1.82) is 0 Å². The van der Waals surface area contributed by atoms with Gasteiger partial charge in [-0.15, -0.1) is 0 Å². The van der Waals surface area contributed by atoms with E-state index in [9.17, 15) is 26.3 Å². The fraction of sp³-hybridized carbons (Fsp3) is 0.500. The molecule has 0 amide bonds. The molecule has 0 aliphatic heterocycles. The molecule has 0 unspecified atom stereocenters. The molecule has 1 rings (SSSR count). The molecule has 1 nitrogen and oxygen atoms in total. The van der Waals surface area contributed by atoms with Gasteiger partial charge in [0.1, 0.15) is 0 Å². The minimum Gasteiger partial charge on any atom is -0.382 e. The van der Waals surface area contributed by atoms with Gasteiger partial charge in [-0.25, -0.2) is 5.46 Å². The molecule has 0 saturated carbocycles. The summed E-state index contributed by atoms with van der Waals surface area (Å²) in [5.41, 5.74) is -2.26. The summed E-state index contributed by atoms with van der Waals surface area (Å²) in [6, 6.07) is 1.72. The summed E-state index contributed by atoms with van der Waals surface area (Å²) < 4.78 is 78.0. The van der Waals surface area contributed by atoms with Crippen LogP contribution in [0.25, 0.3) is 0 Å². The number of ether oxygens (including phenoxy) is 1. The van der Waals surface area contributed by atoms with Gasteiger partial charge in [0, 0.05) is 14.6 Å². The second kappa shape index (κ2) is 7.57. The van der Waals surface area contributed by atoms with Crippen LogP contribution in [-0.2, 0) is 17.1 Å². The molecule has 8 heteroatoms. The van der Waals surface area contributed by atoms with Gasteiger partial charge in [-0.3, -0.25) is 0 Å². The molecule has 1 aromatic rings. The lowest BCUT2D eigenvalue weighted by Crippen LogP contribution is -2.16. The van der Waals surface area contributed by atoms with Crippen molar-refractivity contribution in [3.05, 3.63) is 29.3 Å². The van der Waals surface area contributed by atoms with Crippen LogP contribution in [0.5, 0.6) is 0 Å². The van der Waals surface area contributed by atoms with E-state index in [0.717, 1.165) is 25.3 Å². The van der Waals surface area contributed by atoms with Crippen molar-refractivity contribution in [2.45, 2.75) is 26.2 Å². The Balaban J connectivity index is -0.000000452. The maximum atomic E-state index is 12.2. The van der Waals surface area contributed by atoms with E-state index in [-0.39, 0.29) is 14.4 Å². The average Bonchev–Trinajstić information content (AvgIpc) is 2.27. The van der Waals surface area contributed by atoms with Crippen LogP contribution < -0.4 is 5.46 Å². The van der Waals surface area contributed by atoms with Crippen LogP contribution >= 0.6 is 0 Å². The molecule has 0 heterocycles. The van der Waals surface area contributed by atoms with Crippen molar-refractivity contribution in [2.75, 3.05) is 13.2 Å². The molecule has 0 aliphatic carbocycles. The van der Waals surface area contributed by atoms with E-state index in [0.29, 0.717) is 0 Å². The zero-order valence-corrected chi connectivity index (χ0v) is 10.3. The van der Waals surface area contributed by atoms with Crippen molar-refractivity contribution in [2.24, 2.45) is 0 Å². The maximum absolute atomic E-state index is 12.2. The van der Waals surface area contributed by atoms with E-state index in [4.69, 9.17) is 4.74 Å². The predicted molar refractivity (Wildman–Crippen MR) is 71.4 cm³/mol. The van der Waals surface area contributed by atoms with Crippen LogP contribution in [0.15, 0.2) is 18.2 Å². The molecule has 0 spiro atoms. The molecule has 0 aliphatic rings. The normalized spacial score (nSPS) is 11.8. The summed E-state index contributed by atoms with van der Waals surface area (Å²) in [4.78, 5) is 0. The van der Waals surface area contributed by atoms with E-state index in [2.05, 4.69) is 0 Å². The summed E-state index contributed by atoms with van der Waals surface area (Å²) in [6.45, 7) is 5.67. The molecule has 20 heavy (non-hydrogen) atoms. The van der Waals surface area contributed by atoms with E-state index >= 15 is 0 Å². The minimum absolute atomic E-state index is 0. The molecule has 118 valence electrons. The largest absolute Gasteiger partial charge is 1.00 e. The van der Waals surface area contributed by atoms with E-state index in [1.54, 1.807) is 0 Å². The van der Waals surface area contributed by atoms with Crippen molar-refractivity contribution < 1.29 is 33.9 Å². The van der Waals surface area contributed by atoms with Gasteiger partial charge >= 0.3 is 13.8 Å². The Hall–Kier alpha value is -1.18. The monoisotopic (exact) mass is 304 g/mol. The Kier molecular flexibility index (Phi) is 7.12. The van der Waals surface area contributed by atoms with E-state index < -0.39 is 31.3 Å².